The van der Waals surface area contributed by atoms with E-state index in [1.54, 1.807) is 11.0 Å². The number of rotatable bonds is 2. The Kier molecular flexibility index (Phi) is 5.38. The molecule has 2 rings (SSSR count). The van der Waals surface area contributed by atoms with Gasteiger partial charge in [-0.25, -0.2) is 9.78 Å². The van der Waals surface area contributed by atoms with Gasteiger partial charge in [-0.05, 0) is 26.8 Å². The summed E-state index contributed by atoms with van der Waals surface area (Å²) < 4.78 is 5.37. The first kappa shape index (κ1) is 18.1. The SMILES string of the molecule is CC(C)(C)OC(=O)N1CCN(c2ncc(/C(N)=N/O)cc2Cl)CC1. The van der Waals surface area contributed by atoms with Crippen molar-refractivity contribution >= 4 is 29.3 Å². The number of halogens is 1. The second kappa shape index (κ2) is 7.12. The van der Waals surface area contributed by atoms with E-state index in [0.717, 1.165) is 0 Å². The quantitative estimate of drug-likeness (QED) is 0.363. The summed E-state index contributed by atoms with van der Waals surface area (Å²) in [7, 11) is 0. The number of amidine groups is 1. The van der Waals surface area contributed by atoms with Crippen molar-refractivity contribution in [2.45, 2.75) is 26.4 Å². The number of nitrogens with zero attached hydrogens (tertiary/aromatic N) is 4. The Labute approximate surface area is 145 Å². The predicted octanol–water partition coefficient (Wildman–Crippen LogP) is 1.89. The zero-order chi connectivity index (χ0) is 17.9. The molecule has 0 aromatic carbocycles. The van der Waals surface area contributed by atoms with Gasteiger partial charge in [-0.3, -0.25) is 0 Å². The van der Waals surface area contributed by atoms with Crippen molar-refractivity contribution in [3.63, 3.8) is 0 Å². The summed E-state index contributed by atoms with van der Waals surface area (Å²) in [6.07, 6.45) is 1.18. The lowest BCUT2D eigenvalue weighted by molar-refractivity contribution is 0.0240. The number of anilines is 1. The Bertz CT molecular complexity index is 636. The highest BCUT2D eigenvalue weighted by Crippen LogP contribution is 2.25. The molecule has 3 N–H and O–H groups in total. The average Bonchev–Trinajstić information content (AvgIpc) is 2.52. The molecular formula is C15H22ClN5O3. The molecule has 1 aliphatic heterocycles. The number of hydrogen-bond acceptors (Lipinski definition) is 6. The minimum Gasteiger partial charge on any atom is -0.444 e. The largest absolute Gasteiger partial charge is 0.444 e. The maximum atomic E-state index is 12.1. The second-order valence-corrected chi connectivity index (χ2v) is 6.88. The van der Waals surface area contributed by atoms with Gasteiger partial charge in [0, 0.05) is 37.9 Å². The molecule has 0 saturated carbocycles. The smallest absolute Gasteiger partial charge is 0.410 e. The number of ether oxygens (including phenoxy) is 1. The van der Waals surface area contributed by atoms with Crippen LogP contribution in [0.4, 0.5) is 10.6 Å². The van der Waals surface area contributed by atoms with Crippen LogP contribution < -0.4 is 10.6 Å². The molecule has 0 radical (unpaired) electrons. The molecule has 1 aromatic rings. The number of piperazine rings is 1. The first-order chi connectivity index (χ1) is 11.2. The van der Waals surface area contributed by atoms with Crippen LogP contribution in [0, 0.1) is 0 Å². The summed E-state index contributed by atoms with van der Waals surface area (Å²) in [6.45, 7) is 7.75. The Morgan fingerprint density at radius 2 is 2.00 bits per heavy atom. The van der Waals surface area contributed by atoms with Crippen molar-refractivity contribution < 1.29 is 14.7 Å². The van der Waals surface area contributed by atoms with Gasteiger partial charge < -0.3 is 25.5 Å². The predicted molar refractivity (Wildman–Crippen MR) is 91.8 cm³/mol. The molecular weight excluding hydrogens is 334 g/mol. The fraction of sp³-hybridized carbons (Fsp3) is 0.533. The molecule has 1 saturated heterocycles. The third kappa shape index (κ3) is 4.41. The Hall–Kier alpha value is -2.22. The summed E-state index contributed by atoms with van der Waals surface area (Å²) in [5, 5.41) is 12.0. The monoisotopic (exact) mass is 355 g/mol. The van der Waals surface area contributed by atoms with E-state index >= 15 is 0 Å². The van der Waals surface area contributed by atoms with Gasteiger partial charge in [0.05, 0.1) is 5.02 Å². The molecule has 0 spiro atoms. The van der Waals surface area contributed by atoms with E-state index < -0.39 is 5.60 Å². The van der Waals surface area contributed by atoms with Gasteiger partial charge in [0.15, 0.2) is 5.84 Å². The molecule has 1 aromatic heterocycles. The standard InChI is InChI=1S/C15H22ClN5O3/c1-15(2,3)24-14(22)21-6-4-20(5-7-21)13-11(16)8-10(9-18-13)12(17)19-23/h8-9,23H,4-7H2,1-3H3,(H2,17,19). The van der Waals surface area contributed by atoms with Crippen LogP contribution in [-0.2, 0) is 4.74 Å². The number of hydrogen-bond donors (Lipinski definition) is 2. The topological polar surface area (TPSA) is 104 Å². The van der Waals surface area contributed by atoms with E-state index in [4.69, 9.17) is 27.3 Å². The minimum atomic E-state index is -0.511. The number of carbonyl (C=O) groups is 1. The molecule has 1 fully saturated rings. The van der Waals surface area contributed by atoms with Crippen molar-refractivity contribution in [1.82, 2.24) is 9.88 Å². The maximum Gasteiger partial charge on any atom is 0.410 e. The molecule has 0 bridgehead atoms. The third-order valence-electron chi connectivity index (χ3n) is 3.46. The Morgan fingerprint density at radius 1 is 1.38 bits per heavy atom. The molecule has 24 heavy (non-hydrogen) atoms. The summed E-state index contributed by atoms with van der Waals surface area (Å²) >= 11 is 6.25. The molecule has 9 heteroatoms. The van der Waals surface area contributed by atoms with Crippen LogP contribution in [0.25, 0.3) is 0 Å². The molecule has 0 atom stereocenters. The number of pyridine rings is 1. The molecule has 1 aliphatic rings. The van der Waals surface area contributed by atoms with Crippen LogP contribution in [0.15, 0.2) is 17.4 Å². The van der Waals surface area contributed by atoms with E-state index in [1.807, 2.05) is 25.7 Å². The first-order valence-electron chi connectivity index (χ1n) is 7.57. The van der Waals surface area contributed by atoms with E-state index in [-0.39, 0.29) is 11.9 Å². The lowest BCUT2D eigenvalue weighted by atomic mass is 10.2. The maximum absolute atomic E-state index is 12.1. The fourth-order valence-corrected chi connectivity index (χ4v) is 2.57. The summed E-state index contributed by atoms with van der Waals surface area (Å²) in [4.78, 5) is 20.0. The van der Waals surface area contributed by atoms with Gasteiger partial charge >= 0.3 is 6.09 Å². The average molecular weight is 356 g/mol. The van der Waals surface area contributed by atoms with Gasteiger partial charge in [-0.2, -0.15) is 0 Å². The van der Waals surface area contributed by atoms with E-state index in [0.29, 0.717) is 42.6 Å². The van der Waals surface area contributed by atoms with Crippen molar-refractivity contribution in [2.24, 2.45) is 10.9 Å². The van der Waals surface area contributed by atoms with Crippen molar-refractivity contribution in [3.8, 4) is 0 Å². The second-order valence-electron chi connectivity index (χ2n) is 6.47. The molecule has 1 amide bonds. The van der Waals surface area contributed by atoms with E-state index in [2.05, 4.69) is 10.1 Å². The van der Waals surface area contributed by atoms with Crippen molar-refractivity contribution in [2.75, 3.05) is 31.1 Å². The molecule has 2 heterocycles. The number of carbonyl (C=O) groups excluding carboxylic acids is 1. The highest BCUT2D eigenvalue weighted by Gasteiger charge is 2.27. The van der Waals surface area contributed by atoms with Gasteiger partial charge in [0.2, 0.25) is 0 Å². The zero-order valence-corrected chi connectivity index (χ0v) is 14.7. The lowest BCUT2D eigenvalue weighted by Gasteiger charge is -2.36. The molecule has 0 aliphatic carbocycles. The van der Waals surface area contributed by atoms with Crippen LogP contribution in [0.2, 0.25) is 5.02 Å². The normalized spacial score (nSPS) is 16.2. The van der Waals surface area contributed by atoms with Gasteiger partial charge in [0.1, 0.15) is 11.4 Å². The van der Waals surface area contributed by atoms with Crippen LogP contribution >= 0.6 is 11.6 Å². The van der Waals surface area contributed by atoms with E-state index in [1.165, 1.54) is 6.20 Å². The van der Waals surface area contributed by atoms with Gasteiger partial charge in [0.25, 0.3) is 0 Å². The number of oxime groups is 1. The molecule has 132 valence electrons. The van der Waals surface area contributed by atoms with E-state index in [9.17, 15) is 4.79 Å². The highest BCUT2D eigenvalue weighted by molar-refractivity contribution is 6.33. The number of nitrogens with two attached hydrogens (primary N) is 1. The van der Waals surface area contributed by atoms with Crippen LogP contribution in [0.3, 0.4) is 0 Å². The van der Waals surface area contributed by atoms with Crippen LogP contribution in [0.1, 0.15) is 26.3 Å². The van der Waals surface area contributed by atoms with Crippen LogP contribution in [-0.4, -0.2) is 58.8 Å². The summed E-state index contributed by atoms with van der Waals surface area (Å²) in [6, 6.07) is 1.60. The number of aromatic nitrogens is 1. The van der Waals surface area contributed by atoms with Crippen LogP contribution in [0.5, 0.6) is 0 Å². The number of amides is 1. The van der Waals surface area contributed by atoms with Gasteiger partial charge in [-0.15, -0.1) is 0 Å². The Balaban J connectivity index is 2.01. The first-order valence-corrected chi connectivity index (χ1v) is 7.95. The molecule has 8 nitrogen and oxygen atoms in total. The molecule has 0 unspecified atom stereocenters. The Morgan fingerprint density at radius 3 is 2.50 bits per heavy atom. The zero-order valence-electron chi connectivity index (χ0n) is 14.0. The highest BCUT2D eigenvalue weighted by atomic mass is 35.5. The van der Waals surface area contributed by atoms with Crippen molar-refractivity contribution in [1.29, 1.82) is 0 Å². The summed E-state index contributed by atoms with van der Waals surface area (Å²) in [5.74, 6) is 0.556. The van der Waals surface area contributed by atoms with Crippen molar-refractivity contribution in [3.05, 3.63) is 22.8 Å². The van der Waals surface area contributed by atoms with Gasteiger partial charge in [-0.1, -0.05) is 16.8 Å². The fourth-order valence-electron chi connectivity index (χ4n) is 2.29. The minimum absolute atomic E-state index is 0.0503. The third-order valence-corrected chi connectivity index (χ3v) is 3.73. The summed E-state index contributed by atoms with van der Waals surface area (Å²) in [5.41, 5.74) is 5.46. The lowest BCUT2D eigenvalue weighted by Crippen LogP contribution is -2.50.